The molecule has 0 unspecified atom stereocenters. The highest BCUT2D eigenvalue weighted by molar-refractivity contribution is 5.85. The van der Waals surface area contributed by atoms with Crippen molar-refractivity contribution in [3.05, 3.63) is 36.2 Å². The van der Waals surface area contributed by atoms with Gasteiger partial charge in [-0.15, -0.1) is 0 Å². The molecule has 0 amide bonds. The SMILES string of the molecule is COc1ccc2c(CCCN3CCCCC3)nccc2c1. The number of hydrogen-bond acceptors (Lipinski definition) is 3. The van der Waals surface area contributed by atoms with Crippen LogP contribution >= 0.6 is 0 Å². The van der Waals surface area contributed by atoms with Crippen molar-refractivity contribution >= 4 is 10.8 Å². The number of likely N-dealkylation sites (tertiary alicyclic amines) is 1. The van der Waals surface area contributed by atoms with Gasteiger partial charge < -0.3 is 9.64 Å². The van der Waals surface area contributed by atoms with Crippen molar-refractivity contribution in [3.63, 3.8) is 0 Å². The van der Waals surface area contributed by atoms with Crippen molar-refractivity contribution in [1.82, 2.24) is 9.88 Å². The van der Waals surface area contributed by atoms with Gasteiger partial charge in [0.05, 0.1) is 7.11 Å². The second kappa shape index (κ2) is 6.90. The van der Waals surface area contributed by atoms with Crippen molar-refractivity contribution in [2.45, 2.75) is 32.1 Å². The van der Waals surface area contributed by atoms with Crippen LogP contribution in [0.3, 0.4) is 0 Å². The standard InChI is InChI=1S/C18H24N2O/c1-21-16-7-8-17-15(14-16)9-10-19-18(17)6-5-13-20-11-3-2-4-12-20/h7-10,14H,2-6,11-13H2,1H3. The maximum absolute atomic E-state index is 5.30. The zero-order valence-corrected chi connectivity index (χ0v) is 12.8. The summed E-state index contributed by atoms with van der Waals surface area (Å²) in [5, 5.41) is 2.48. The lowest BCUT2D eigenvalue weighted by Gasteiger charge is -2.26. The highest BCUT2D eigenvalue weighted by Gasteiger charge is 2.10. The Balaban J connectivity index is 1.66. The summed E-state index contributed by atoms with van der Waals surface area (Å²) in [6.45, 7) is 3.76. The number of ether oxygens (including phenoxy) is 1. The third kappa shape index (κ3) is 3.53. The number of benzene rings is 1. The molecule has 0 N–H and O–H groups in total. The molecule has 2 aromatic rings. The van der Waals surface area contributed by atoms with Crippen LogP contribution in [0.4, 0.5) is 0 Å². The van der Waals surface area contributed by atoms with E-state index in [9.17, 15) is 0 Å². The first kappa shape index (κ1) is 14.3. The smallest absolute Gasteiger partial charge is 0.119 e. The van der Waals surface area contributed by atoms with Crippen LogP contribution < -0.4 is 4.74 Å². The molecule has 1 fully saturated rings. The van der Waals surface area contributed by atoms with E-state index in [1.54, 1.807) is 7.11 Å². The van der Waals surface area contributed by atoms with Crippen molar-refractivity contribution in [2.24, 2.45) is 0 Å². The normalized spacial score (nSPS) is 16.2. The van der Waals surface area contributed by atoms with Gasteiger partial charge in [-0.2, -0.15) is 0 Å². The summed E-state index contributed by atoms with van der Waals surface area (Å²) in [5.41, 5.74) is 1.21. The summed E-state index contributed by atoms with van der Waals surface area (Å²) in [7, 11) is 1.71. The molecule has 21 heavy (non-hydrogen) atoms. The number of rotatable bonds is 5. The number of hydrogen-bond donors (Lipinski definition) is 0. The highest BCUT2D eigenvalue weighted by Crippen LogP contribution is 2.23. The monoisotopic (exact) mass is 284 g/mol. The van der Waals surface area contributed by atoms with Crippen LogP contribution in [0.25, 0.3) is 10.8 Å². The van der Waals surface area contributed by atoms with E-state index >= 15 is 0 Å². The minimum absolute atomic E-state index is 0.910. The first-order valence-corrected chi connectivity index (χ1v) is 8.01. The van der Waals surface area contributed by atoms with Gasteiger partial charge in [-0.3, -0.25) is 4.98 Å². The summed E-state index contributed by atoms with van der Waals surface area (Å²) in [4.78, 5) is 7.18. The van der Waals surface area contributed by atoms with E-state index in [-0.39, 0.29) is 0 Å². The van der Waals surface area contributed by atoms with Crippen molar-refractivity contribution < 1.29 is 4.74 Å². The summed E-state index contributed by atoms with van der Waals surface area (Å²) < 4.78 is 5.30. The molecular formula is C18H24N2O. The van der Waals surface area contributed by atoms with Gasteiger partial charge in [0.1, 0.15) is 5.75 Å². The molecule has 0 radical (unpaired) electrons. The zero-order chi connectivity index (χ0) is 14.5. The van der Waals surface area contributed by atoms with Crippen LogP contribution in [0.5, 0.6) is 5.75 Å². The third-order valence-electron chi connectivity index (χ3n) is 4.39. The fourth-order valence-electron chi connectivity index (χ4n) is 3.20. The number of aryl methyl sites for hydroxylation is 1. The quantitative estimate of drug-likeness (QED) is 0.838. The van der Waals surface area contributed by atoms with Crippen LogP contribution in [-0.4, -0.2) is 36.6 Å². The summed E-state index contributed by atoms with van der Waals surface area (Å²) in [6.07, 6.45) is 8.30. The zero-order valence-electron chi connectivity index (χ0n) is 12.8. The Kier molecular flexibility index (Phi) is 4.71. The largest absolute Gasteiger partial charge is 0.497 e. The van der Waals surface area contributed by atoms with Gasteiger partial charge in [-0.05, 0) is 75.0 Å². The lowest BCUT2D eigenvalue weighted by atomic mass is 10.1. The number of methoxy groups -OCH3 is 1. The lowest BCUT2D eigenvalue weighted by molar-refractivity contribution is 0.226. The number of fused-ring (bicyclic) bond motifs is 1. The minimum atomic E-state index is 0.910. The molecule has 0 saturated carbocycles. The van der Waals surface area contributed by atoms with E-state index < -0.39 is 0 Å². The molecule has 3 rings (SSSR count). The predicted molar refractivity (Wildman–Crippen MR) is 86.9 cm³/mol. The van der Waals surface area contributed by atoms with Gasteiger partial charge in [0, 0.05) is 17.3 Å². The Morgan fingerprint density at radius 2 is 2.00 bits per heavy atom. The molecule has 1 aliphatic heterocycles. The Labute approximate surface area is 126 Å². The van der Waals surface area contributed by atoms with Gasteiger partial charge in [-0.25, -0.2) is 0 Å². The second-order valence-corrected chi connectivity index (χ2v) is 5.85. The Bertz CT molecular complexity index is 591. The molecule has 3 heteroatoms. The van der Waals surface area contributed by atoms with Crippen LogP contribution in [0, 0.1) is 0 Å². The summed E-state index contributed by atoms with van der Waals surface area (Å²) in [6, 6.07) is 8.31. The van der Waals surface area contributed by atoms with Crippen molar-refractivity contribution in [1.29, 1.82) is 0 Å². The molecule has 1 aliphatic rings. The molecule has 0 bridgehead atoms. The van der Waals surface area contributed by atoms with E-state index in [0.29, 0.717) is 0 Å². The van der Waals surface area contributed by atoms with Crippen LogP contribution in [-0.2, 0) is 6.42 Å². The third-order valence-corrected chi connectivity index (χ3v) is 4.39. The van der Waals surface area contributed by atoms with E-state index in [4.69, 9.17) is 4.74 Å². The molecule has 1 aromatic heterocycles. The number of piperidine rings is 1. The minimum Gasteiger partial charge on any atom is -0.497 e. The van der Waals surface area contributed by atoms with Gasteiger partial charge >= 0.3 is 0 Å². The van der Waals surface area contributed by atoms with Crippen LogP contribution in [0.2, 0.25) is 0 Å². The van der Waals surface area contributed by atoms with Gasteiger partial charge in [0.2, 0.25) is 0 Å². The molecule has 3 nitrogen and oxygen atoms in total. The van der Waals surface area contributed by atoms with E-state index in [1.807, 2.05) is 12.3 Å². The molecule has 0 aliphatic carbocycles. The Morgan fingerprint density at radius 3 is 2.81 bits per heavy atom. The summed E-state index contributed by atoms with van der Waals surface area (Å²) >= 11 is 0. The predicted octanol–water partition coefficient (Wildman–Crippen LogP) is 3.66. The fraction of sp³-hybridized carbons (Fsp3) is 0.500. The van der Waals surface area contributed by atoms with E-state index in [1.165, 1.54) is 61.8 Å². The Hall–Kier alpha value is -1.61. The maximum Gasteiger partial charge on any atom is 0.119 e. The first-order valence-electron chi connectivity index (χ1n) is 8.01. The molecule has 1 saturated heterocycles. The Morgan fingerprint density at radius 1 is 1.14 bits per heavy atom. The summed E-state index contributed by atoms with van der Waals surface area (Å²) in [5.74, 6) is 0.910. The maximum atomic E-state index is 5.30. The lowest BCUT2D eigenvalue weighted by Crippen LogP contribution is -2.30. The average Bonchev–Trinajstić information content (AvgIpc) is 2.55. The molecule has 2 heterocycles. The number of aromatic nitrogens is 1. The highest BCUT2D eigenvalue weighted by atomic mass is 16.5. The number of pyridine rings is 1. The molecule has 0 spiro atoms. The average molecular weight is 284 g/mol. The van der Waals surface area contributed by atoms with E-state index in [2.05, 4.69) is 28.1 Å². The molecular weight excluding hydrogens is 260 g/mol. The van der Waals surface area contributed by atoms with Gasteiger partial charge in [0.15, 0.2) is 0 Å². The van der Waals surface area contributed by atoms with Crippen molar-refractivity contribution in [2.75, 3.05) is 26.7 Å². The van der Waals surface area contributed by atoms with Gasteiger partial charge in [-0.1, -0.05) is 6.42 Å². The van der Waals surface area contributed by atoms with Crippen LogP contribution in [0.1, 0.15) is 31.4 Å². The molecule has 112 valence electrons. The fourth-order valence-corrected chi connectivity index (χ4v) is 3.20. The molecule has 0 atom stereocenters. The van der Waals surface area contributed by atoms with E-state index in [0.717, 1.165) is 12.2 Å². The van der Waals surface area contributed by atoms with Crippen molar-refractivity contribution in [3.8, 4) is 5.75 Å². The van der Waals surface area contributed by atoms with Crippen LogP contribution in [0.15, 0.2) is 30.5 Å². The topological polar surface area (TPSA) is 25.4 Å². The number of nitrogens with zero attached hydrogens (tertiary/aromatic N) is 2. The molecule has 1 aromatic carbocycles. The second-order valence-electron chi connectivity index (χ2n) is 5.85. The first-order chi connectivity index (χ1) is 10.4. The van der Waals surface area contributed by atoms with Gasteiger partial charge in [0.25, 0.3) is 0 Å².